The van der Waals surface area contributed by atoms with Crippen LogP contribution in [0.1, 0.15) is 38.1 Å². The van der Waals surface area contributed by atoms with Gasteiger partial charge in [-0.15, -0.1) is 0 Å². The van der Waals surface area contributed by atoms with Crippen molar-refractivity contribution in [2.24, 2.45) is 0 Å². The van der Waals surface area contributed by atoms with Crippen molar-refractivity contribution in [3.63, 3.8) is 0 Å². The highest BCUT2D eigenvalue weighted by atomic mass is 16.3. The molecule has 0 aliphatic carbocycles. The standard InChI is InChI=1S/C13H24N4O/c1-4-7-14-12-10(3)13(15-8-6-9-18)17-11(5-2)16-12/h18H,4-9H2,1-3H3,(H2,14,15,16,17). The summed E-state index contributed by atoms with van der Waals surface area (Å²) in [4.78, 5) is 8.99. The molecule has 5 nitrogen and oxygen atoms in total. The third-order valence-electron chi connectivity index (χ3n) is 2.68. The second-order valence-corrected chi connectivity index (χ2v) is 4.25. The fraction of sp³-hybridized carbons (Fsp3) is 0.692. The van der Waals surface area contributed by atoms with E-state index < -0.39 is 0 Å². The van der Waals surface area contributed by atoms with Crippen molar-refractivity contribution >= 4 is 11.6 Å². The third-order valence-corrected chi connectivity index (χ3v) is 2.68. The number of nitrogens with zero attached hydrogens (tertiary/aromatic N) is 2. The predicted octanol–water partition coefficient (Wildman–Crippen LogP) is 1.96. The van der Waals surface area contributed by atoms with Crippen LogP contribution in [-0.2, 0) is 6.42 Å². The lowest BCUT2D eigenvalue weighted by Gasteiger charge is -2.14. The molecule has 0 aromatic carbocycles. The molecule has 0 spiro atoms. The van der Waals surface area contributed by atoms with Crippen LogP contribution in [0.4, 0.5) is 11.6 Å². The van der Waals surface area contributed by atoms with Crippen LogP contribution < -0.4 is 10.6 Å². The van der Waals surface area contributed by atoms with Crippen LogP contribution in [0.5, 0.6) is 0 Å². The molecule has 1 aromatic heterocycles. The first-order valence-corrected chi connectivity index (χ1v) is 6.69. The minimum atomic E-state index is 0.193. The van der Waals surface area contributed by atoms with E-state index in [0.29, 0.717) is 0 Å². The van der Waals surface area contributed by atoms with E-state index in [9.17, 15) is 0 Å². The molecule has 0 saturated heterocycles. The Morgan fingerprint density at radius 1 is 1.06 bits per heavy atom. The van der Waals surface area contributed by atoms with Gasteiger partial charge in [0.15, 0.2) is 0 Å². The maximum Gasteiger partial charge on any atom is 0.134 e. The summed E-state index contributed by atoms with van der Waals surface area (Å²) in [5.41, 5.74) is 1.04. The molecule has 3 N–H and O–H groups in total. The quantitative estimate of drug-likeness (QED) is 0.617. The maximum atomic E-state index is 8.80. The highest BCUT2D eigenvalue weighted by Gasteiger charge is 2.09. The number of anilines is 2. The number of aromatic nitrogens is 2. The van der Waals surface area contributed by atoms with Gasteiger partial charge in [-0.25, -0.2) is 9.97 Å². The molecular formula is C13H24N4O. The number of aliphatic hydroxyl groups excluding tert-OH is 1. The number of aryl methyl sites for hydroxylation is 1. The molecule has 0 saturated carbocycles. The van der Waals surface area contributed by atoms with E-state index in [1.807, 2.05) is 13.8 Å². The van der Waals surface area contributed by atoms with E-state index in [4.69, 9.17) is 5.11 Å². The molecule has 0 fully saturated rings. The van der Waals surface area contributed by atoms with Gasteiger partial charge in [0, 0.05) is 31.7 Å². The van der Waals surface area contributed by atoms with Crippen molar-refractivity contribution in [3.05, 3.63) is 11.4 Å². The molecule has 0 atom stereocenters. The molecule has 5 heteroatoms. The summed E-state index contributed by atoms with van der Waals surface area (Å²) in [5, 5.41) is 15.4. The zero-order valence-electron chi connectivity index (χ0n) is 11.6. The summed E-state index contributed by atoms with van der Waals surface area (Å²) in [6.07, 6.45) is 2.61. The average molecular weight is 252 g/mol. The second-order valence-electron chi connectivity index (χ2n) is 4.25. The lowest BCUT2D eigenvalue weighted by molar-refractivity contribution is 0.292. The normalized spacial score (nSPS) is 10.4. The van der Waals surface area contributed by atoms with Crippen LogP contribution in [0.15, 0.2) is 0 Å². The van der Waals surface area contributed by atoms with Crippen molar-refractivity contribution < 1.29 is 5.11 Å². The molecule has 1 heterocycles. The van der Waals surface area contributed by atoms with Crippen molar-refractivity contribution in [1.82, 2.24) is 9.97 Å². The fourth-order valence-electron chi connectivity index (χ4n) is 1.59. The van der Waals surface area contributed by atoms with E-state index in [2.05, 4.69) is 27.5 Å². The Morgan fingerprint density at radius 3 is 2.17 bits per heavy atom. The van der Waals surface area contributed by atoms with Gasteiger partial charge in [-0.1, -0.05) is 13.8 Å². The van der Waals surface area contributed by atoms with Crippen LogP contribution in [0.3, 0.4) is 0 Å². The smallest absolute Gasteiger partial charge is 0.134 e. The van der Waals surface area contributed by atoms with E-state index in [1.165, 1.54) is 0 Å². The third kappa shape index (κ3) is 4.14. The summed E-state index contributed by atoms with van der Waals surface area (Å²) >= 11 is 0. The van der Waals surface area contributed by atoms with Gasteiger partial charge < -0.3 is 15.7 Å². The largest absolute Gasteiger partial charge is 0.396 e. The first-order valence-electron chi connectivity index (χ1n) is 6.69. The van der Waals surface area contributed by atoms with E-state index >= 15 is 0 Å². The van der Waals surface area contributed by atoms with Gasteiger partial charge in [0.2, 0.25) is 0 Å². The number of hydrogen-bond donors (Lipinski definition) is 3. The molecule has 0 aliphatic heterocycles. The van der Waals surface area contributed by atoms with E-state index in [1.54, 1.807) is 0 Å². The first kappa shape index (κ1) is 14.7. The molecule has 102 valence electrons. The summed E-state index contributed by atoms with van der Waals surface area (Å²) in [7, 11) is 0. The van der Waals surface area contributed by atoms with Crippen molar-refractivity contribution in [2.75, 3.05) is 30.3 Å². The van der Waals surface area contributed by atoms with E-state index in [-0.39, 0.29) is 6.61 Å². The van der Waals surface area contributed by atoms with Gasteiger partial charge in [0.1, 0.15) is 17.5 Å². The number of hydrogen-bond acceptors (Lipinski definition) is 5. The Kier molecular flexibility index (Phi) is 6.43. The Hall–Kier alpha value is -1.36. The van der Waals surface area contributed by atoms with Crippen molar-refractivity contribution in [1.29, 1.82) is 0 Å². The van der Waals surface area contributed by atoms with Gasteiger partial charge in [-0.3, -0.25) is 0 Å². The van der Waals surface area contributed by atoms with Gasteiger partial charge in [-0.05, 0) is 19.8 Å². The minimum absolute atomic E-state index is 0.193. The summed E-state index contributed by atoms with van der Waals surface area (Å²) in [5.74, 6) is 2.62. The molecular weight excluding hydrogens is 228 g/mol. The van der Waals surface area contributed by atoms with Crippen LogP contribution in [0.2, 0.25) is 0 Å². The molecule has 1 aromatic rings. The van der Waals surface area contributed by atoms with Crippen LogP contribution >= 0.6 is 0 Å². The molecule has 18 heavy (non-hydrogen) atoms. The molecule has 0 aliphatic rings. The molecule has 0 radical (unpaired) electrons. The average Bonchev–Trinajstić information content (AvgIpc) is 2.39. The summed E-state index contributed by atoms with van der Waals surface area (Å²) in [6.45, 7) is 8.02. The maximum absolute atomic E-state index is 8.80. The first-order chi connectivity index (χ1) is 8.72. The molecule has 1 rings (SSSR count). The predicted molar refractivity (Wildman–Crippen MR) is 75.1 cm³/mol. The zero-order valence-corrected chi connectivity index (χ0v) is 11.6. The number of nitrogens with one attached hydrogen (secondary N) is 2. The Labute approximate surface area is 109 Å². The second kappa shape index (κ2) is 7.87. The minimum Gasteiger partial charge on any atom is -0.396 e. The van der Waals surface area contributed by atoms with Crippen molar-refractivity contribution in [3.8, 4) is 0 Å². The Balaban J connectivity index is 2.85. The van der Waals surface area contributed by atoms with Crippen molar-refractivity contribution in [2.45, 2.75) is 40.0 Å². The van der Waals surface area contributed by atoms with Gasteiger partial charge in [-0.2, -0.15) is 0 Å². The Bertz CT molecular complexity index is 368. The Morgan fingerprint density at radius 2 is 1.67 bits per heavy atom. The molecule has 0 amide bonds. The fourth-order valence-corrected chi connectivity index (χ4v) is 1.59. The SMILES string of the molecule is CCCNc1nc(CC)nc(NCCCO)c1C. The number of aliphatic hydroxyl groups is 1. The number of rotatable bonds is 8. The molecule has 0 bridgehead atoms. The molecule has 0 unspecified atom stereocenters. The van der Waals surface area contributed by atoms with Crippen LogP contribution in [0, 0.1) is 6.92 Å². The summed E-state index contributed by atoms with van der Waals surface area (Å²) in [6, 6.07) is 0. The van der Waals surface area contributed by atoms with E-state index in [0.717, 1.165) is 55.4 Å². The topological polar surface area (TPSA) is 70.1 Å². The van der Waals surface area contributed by atoms with Crippen LogP contribution in [0.25, 0.3) is 0 Å². The van der Waals surface area contributed by atoms with Crippen LogP contribution in [-0.4, -0.2) is 34.8 Å². The lowest BCUT2D eigenvalue weighted by Crippen LogP contribution is -2.12. The van der Waals surface area contributed by atoms with Gasteiger partial charge in [0.05, 0.1) is 0 Å². The highest BCUT2D eigenvalue weighted by molar-refractivity contribution is 5.57. The monoisotopic (exact) mass is 252 g/mol. The van der Waals surface area contributed by atoms with Gasteiger partial charge in [0.25, 0.3) is 0 Å². The van der Waals surface area contributed by atoms with Gasteiger partial charge >= 0.3 is 0 Å². The zero-order chi connectivity index (χ0) is 13.4. The highest BCUT2D eigenvalue weighted by Crippen LogP contribution is 2.20. The lowest BCUT2D eigenvalue weighted by atomic mass is 10.2. The summed E-state index contributed by atoms with van der Waals surface area (Å²) < 4.78 is 0.